The van der Waals surface area contributed by atoms with E-state index in [4.69, 9.17) is 0 Å². The second kappa shape index (κ2) is 5.36. The van der Waals surface area contributed by atoms with Gasteiger partial charge in [-0.2, -0.15) is 0 Å². The molecule has 3 rings (SSSR count). The molecule has 124 valence electrons. The van der Waals surface area contributed by atoms with Crippen LogP contribution >= 0.6 is 0 Å². The summed E-state index contributed by atoms with van der Waals surface area (Å²) >= 11 is 0. The molecule has 0 spiro atoms. The average Bonchev–Trinajstić information content (AvgIpc) is 2.50. The molecule has 5 nitrogen and oxygen atoms in total. The van der Waals surface area contributed by atoms with Gasteiger partial charge in [-0.1, -0.05) is 24.3 Å². The molecule has 0 atom stereocenters. The highest BCUT2D eigenvalue weighted by Gasteiger charge is 2.31. The summed E-state index contributed by atoms with van der Waals surface area (Å²) in [7, 11) is -3.78. The van der Waals surface area contributed by atoms with Crippen LogP contribution in [0.5, 0.6) is 0 Å². The number of nitrogens with one attached hydrogen (secondary N) is 1. The smallest absolute Gasteiger partial charge is 0.241 e. The second-order valence-electron chi connectivity index (χ2n) is 6.77. The lowest BCUT2D eigenvalue weighted by Crippen LogP contribution is -2.40. The summed E-state index contributed by atoms with van der Waals surface area (Å²) in [6.07, 6.45) is 0. The van der Waals surface area contributed by atoms with Gasteiger partial charge in [-0.05, 0) is 39.0 Å². The fourth-order valence-corrected chi connectivity index (χ4v) is 4.15. The van der Waals surface area contributed by atoms with Crippen molar-refractivity contribution in [3.8, 4) is 0 Å². The summed E-state index contributed by atoms with van der Waals surface area (Å²) in [6, 6.07) is 10.6. The zero-order valence-corrected chi connectivity index (χ0v) is 14.4. The summed E-state index contributed by atoms with van der Waals surface area (Å²) in [5.74, 6) is -0.610. The molecule has 24 heavy (non-hydrogen) atoms. The largest absolute Gasteiger partial charge is 0.289 e. The van der Waals surface area contributed by atoms with Gasteiger partial charge in [0.05, 0.1) is 4.90 Å². The molecule has 0 amide bonds. The number of ketones is 2. The summed E-state index contributed by atoms with van der Waals surface area (Å²) in [5.41, 5.74) is 0.344. The van der Waals surface area contributed by atoms with Crippen molar-refractivity contribution >= 4 is 21.6 Å². The van der Waals surface area contributed by atoms with Gasteiger partial charge in [-0.25, -0.2) is 13.1 Å². The number of hydrogen-bond acceptors (Lipinski definition) is 4. The van der Waals surface area contributed by atoms with Crippen LogP contribution in [-0.4, -0.2) is 25.5 Å². The molecule has 0 saturated heterocycles. The first-order valence-corrected chi connectivity index (χ1v) is 8.95. The molecule has 1 N–H and O–H groups in total. The highest BCUT2D eigenvalue weighted by atomic mass is 32.2. The molecule has 6 heteroatoms. The maximum absolute atomic E-state index is 12.7. The van der Waals surface area contributed by atoms with Crippen LogP contribution < -0.4 is 4.72 Å². The Labute approximate surface area is 140 Å². The molecule has 0 aromatic heterocycles. The Morgan fingerprint density at radius 2 is 1.29 bits per heavy atom. The predicted octanol–water partition coefficient (Wildman–Crippen LogP) is 2.54. The van der Waals surface area contributed by atoms with Gasteiger partial charge in [0, 0.05) is 27.8 Å². The number of fused-ring (bicyclic) bond motifs is 2. The van der Waals surface area contributed by atoms with Crippen LogP contribution in [0.1, 0.15) is 52.6 Å². The Morgan fingerprint density at radius 1 is 0.792 bits per heavy atom. The molecule has 0 radical (unpaired) electrons. The summed E-state index contributed by atoms with van der Waals surface area (Å²) in [6.45, 7) is 5.19. The Kier molecular flexibility index (Phi) is 3.69. The molecule has 0 fully saturated rings. The first-order valence-electron chi connectivity index (χ1n) is 7.47. The van der Waals surface area contributed by atoms with Gasteiger partial charge in [0.2, 0.25) is 10.0 Å². The van der Waals surface area contributed by atoms with Crippen molar-refractivity contribution in [3.63, 3.8) is 0 Å². The fraction of sp³-hybridized carbons (Fsp3) is 0.222. The number of carbonyl (C=O) groups is 2. The van der Waals surface area contributed by atoms with Crippen LogP contribution in [0.2, 0.25) is 0 Å². The maximum atomic E-state index is 12.7. The van der Waals surface area contributed by atoms with Crippen molar-refractivity contribution in [2.24, 2.45) is 0 Å². The molecule has 2 aromatic rings. The number of sulfonamides is 1. The molecular formula is C18H17NO4S. The van der Waals surface area contributed by atoms with Crippen LogP contribution in [0.15, 0.2) is 47.4 Å². The van der Waals surface area contributed by atoms with Crippen LogP contribution in [0, 0.1) is 0 Å². The quantitative estimate of drug-likeness (QED) is 0.775. The van der Waals surface area contributed by atoms with E-state index in [1.54, 1.807) is 45.0 Å². The average molecular weight is 343 g/mol. The highest BCUT2D eigenvalue weighted by Crippen LogP contribution is 2.29. The fourth-order valence-electron chi connectivity index (χ4n) is 2.71. The van der Waals surface area contributed by atoms with Gasteiger partial charge >= 0.3 is 0 Å². The van der Waals surface area contributed by atoms with Gasteiger partial charge in [0.25, 0.3) is 0 Å². The Morgan fingerprint density at radius 3 is 1.83 bits per heavy atom. The molecule has 1 aliphatic carbocycles. The standard InChI is InChI=1S/C18H17NO4S/c1-18(2,3)19-24(22,23)11-8-9-14-15(10-11)17(21)13-7-5-4-6-12(13)16(14)20/h4-10,19H,1-3H3. The third-order valence-corrected chi connectivity index (χ3v) is 5.40. The first-order chi connectivity index (χ1) is 11.1. The minimum Gasteiger partial charge on any atom is -0.289 e. The van der Waals surface area contributed by atoms with Crippen molar-refractivity contribution in [2.75, 3.05) is 0 Å². The maximum Gasteiger partial charge on any atom is 0.241 e. The zero-order valence-electron chi connectivity index (χ0n) is 13.6. The van der Waals surface area contributed by atoms with Crippen molar-refractivity contribution in [1.29, 1.82) is 0 Å². The van der Waals surface area contributed by atoms with Gasteiger partial charge in [-0.15, -0.1) is 0 Å². The predicted molar refractivity (Wildman–Crippen MR) is 89.8 cm³/mol. The van der Waals surface area contributed by atoms with E-state index in [9.17, 15) is 18.0 Å². The monoisotopic (exact) mass is 343 g/mol. The number of hydrogen-bond donors (Lipinski definition) is 1. The highest BCUT2D eigenvalue weighted by molar-refractivity contribution is 7.89. The van der Waals surface area contributed by atoms with Crippen LogP contribution in [-0.2, 0) is 10.0 Å². The molecule has 0 bridgehead atoms. The Hall–Kier alpha value is -2.31. The minimum atomic E-state index is -3.78. The topological polar surface area (TPSA) is 80.3 Å². The van der Waals surface area contributed by atoms with Crippen LogP contribution in [0.4, 0.5) is 0 Å². The van der Waals surface area contributed by atoms with E-state index >= 15 is 0 Å². The normalized spacial score (nSPS) is 14.3. The summed E-state index contributed by atoms with van der Waals surface area (Å²) in [5, 5.41) is 0. The summed E-state index contributed by atoms with van der Waals surface area (Å²) < 4.78 is 27.5. The van der Waals surface area contributed by atoms with E-state index in [1.807, 2.05) is 0 Å². The van der Waals surface area contributed by atoms with Crippen molar-refractivity contribution < 1.29 is 18.0 Å². The van der Waals surface area contributed by atoms with E-state index in [-0.39, 0.29) is 27.6 Å². The van der Waals surface area contributed by atoms with Crippen LogP contribution in [0.3, 0.4) is 0 Å². The number of carbonyl (C=O) groups excluding carboxylic acids is 2. The van der Waals surface area contributed by atoms with Crippen molar-refractivity contribution in [3.05, 3.63) is 64.7 Å². The molecule has 0 heterocycles. The lowest BCUT2D eigenvalue weighted by atomic mass is 9.84. The minimum absolute atomic E-state index is 0.0308. The van der Waals surface area contributed by atoms with E-state index in [2.05, 4.69) is 4.72 Å². The van der Waals surface area contributed by atoms with E-state index in [0.29, 0.717) is 11.1 Å². The van der Waals surface area contributed by atoms with E-state index in [0.717, 1.165) is 0 Å². The molecule has 0 saturated carbocycles. The lowest BCUT2D eigenvalue weighted by molar-refractivity contribution is 0.0979. The first kappa shape index (κ1) is 16.5. The number of rotatable bonds is 2. The molecule has 0 unspecified atom stereocenters. The van der Waals surface area contributed by atoms with Crippen molar-refractivity contribution in [1.82, 2.24) is 4.72 Å². The third-order valence-electron chi connectivity index (χ3n) is 3.65. The van der Waals surface area contributed by atoms with E-state index in [1.165, 1.54) is 18.2 Å². The molecule has 1 aliphatic rings. The van der Waals surface area contributed by atoms with Crippen molar-refractivity contribution in [2.45, 2.75) is 31.2 Å². The van der Waals surface area contributed by atoms with Gasteiger partial charge in [0.15, 0.2) is 11.6 Å². The molecular weight excluding hydrogens is 326 g/mol. The Bertz CT molecular complexity index is 969. The molecule has 0 aliphatic heterocycles. The van der Waals surface area contributed by atoms with Gasteiger partial charge in [-0.3, -0.25) is 9.59 Å². The van der Waals surface area contributed by atoms with Gasteiger partial charge < -0.3 is 0 Å². The SMILES string of the molecule is CC(C)(C)NS(=O)(=O)c1ccc2c(c1)C(=O)c1ccccc1C2=O. The van der Waals surface area contributed by atoms with Crippen LogP contribution in [0.25, 0.3) is 0 Å². The second-order valence-corrected chi connectivity index (χ2v) is 8.45. The third kappa shape index (κ3) is 2.79. The Balaban J connectivity index is 2.13. The molecule has 2 aromatic carbocycles. The van der Waals surface area contributed by atoms with Gasteiger partial charge in [0.1, 0.15) is 0 Å². The lowest BCUT2D eigenvalue weighted by Gasteiger charge is -2.22. The number of benzene rings is 2. The van der Waals surface area contributed by atoms with E-state index < -0.39 is 15.6 Å². The summed E-state index contributed by atoms with van der Waals surface area (Å²) in [4.78, 5) is 25.1. The zero-order chi connectivity index (χ0) is 17.7.